The Morgan fingerprint density at radius 2 is 2.25 bits per heavy atom. The van der Waals surface area contributed by atoms with Crippen LogP contribution in [0.3, 0.4) is 0 Å². The lowest BCUT2D eigenvalue weighted by Gasteiger charge is -1.91. The van der Waals surface area contributed by atoms with Gasteiger partial charge in [0.25, 0.3) is 0 Å². The van der Waals surface area contributed by atoms with Gasteiger partial charge in [0, 0.05) is 13.2 Å². The van der Waals surface area contributed by atoms with Crippen molar-refractivity contribution in [3.8, 4) is 0 Å². The quantitative estimate of drug-likeness (QED) is 0.803. The van der Waals surface area contributed by atoms with Gasteiger partial charge < -0.3 is 9.67 Å². The summed E-state index contributed by atoms with van der Waals surface area (Å²) in [5, 5.41) is 9.79. The molecule has 1 aromatic carbocycles. The van der Waals surface area contributed by atoms with Crippen molar-refractivity contribution in [2.75, 3.05) is 0 Å². The van der Waals surface area contributed by atoms with Crippen molar-refractivity contribution in [1.82, 2.24) is 14.5 Å². The fraction of sp³-hybridized carbons (Fsp3) is 0.0714. The molecule has 0 aliphatic carbocycles. The molecule has 100 valence electrons. The molecule has 2 aromatic heterocycles. The van der Waals surface area contributed by atoms with E-state index < -0.39 is 5.97 Å². The normalized spacial score (nSPS) is 11.4. The number of carboxylic acids is 1. The van der Waals surface area contributed by atoms with E-state index >= 15 is 0 Å². The molecule has 0 aliphatic rings. The van der Waals surface area contributed by atoms with Crippen molar-refractivity contribution >= 4 is 39.7 Å². The molecule has 0 saturated heterocycles. The van der Waals surface area contributed by atoms with Gasteiger partial charge in [-0.3, -0.25) is 0 Å². The lowest BCUT2D eigenvalue weighted by atomic mass is 10.2. The van der Waals surface area contributed by atoms with Crippen LogP contribution in [0.5, 0.6) is 0 Å². The van der Waals surface area contributed by atoms with Gasteiger partial charge in [-0.25, -0.2) is 14.8 Å². The minimum absolute atomic E-state index is 0.279. The number of carbonyl (C=O) groups is 1. The van der Waals surface area contributed by atoms with Crippen molar-refractivity contribution in [2.24, 2.45) is 7.05 Å². The second-order valence-corrected chi connectivity index (χ2v) is 5.40. The first-order valence-corrected chi connectivity index (χ1v) is 6.73. The molecule has 0 amide bonds. The molecule has 0 saturated carbocycles. The third-order valence-corrected chi connectivity index (χ3v) is 3.76. The lowest BCUT2D eigenvalue weighted by molar-refractivity contribution is 0.0697. The highest BCUT2D eigenvalue weighted by Gasteiger charge is 2.07. The third kappa shape index (κ3) is 2.46. The van der Waals surface area contributed by atoms with Crippen LogP contribution in [0, 0.1) is 0 Å². The molecule has 0 bridgehead atoms. The molecule has 0 radical (unpaired) electrons. The van der Waals surface area contributed by atoms with Gasteiger partial charge in [0.15, 0.2) is 0 Å². The molecule has 0 fully saturated rings. The molecule has 2 heterocycles. The molecule has 20 heavy (non-hydrogen) atoms. The summed E-state index contributed by atoms with van der Waals surface area (Å²) in [6, 6.07) is 4.94. The monoisotopic (exact) mass is 285 g/mol. The number of benzene rings is 1. The first kappa shape index (κ1) is 12.6. The predicted octanol–water partition coefficient (Wildman–Crippen LogP) is 2.90. The summed E-state index contributed by atoms with van der Waals surface area (Å²) in [6.45, 7) is 0. The van der Waals surface area contributed by atoms with Gasteiger partial charge in [0.1, 0.15) is 5.01 Å². The van der Waals surface area contributed by atoms with Gasteiger partial charge in [0.05, 0.1) is 27.8 Å². The Labute approximate surface area is 118 Å². The van der Waals surface area contributed by atoms with E-state index in [0.29, 0.717) is 0 Å². The average molecular weight is 285 g/mol. The molecular weight excluding hydrogens is 274 g/mol. The predicted molar refractivity (Wildman–Crippen MR) is 78.7 cm³/mol. The molecule has 3 rings (SSSR count). The van der Waals surface area contributed by atoms with Crippen molar-refractivity contribution in [2.45, 2.75) is 0 Å². The Hall–Kier alpha value is -2.47. The van der Waals surface area contributed by atoms with Crippen LogP contribution in [0.25, 0.3) is 22.4 Å². The van der Waals surface area contributed by atoms with Crippen LogP contribution in [0.4, 0.5) is 0 Å². The fourth-order valence-electron chi connectivity index (χ4n) is 1.82. The van der Waals surface area contributed by atoms with Gasteiger partial charge in [-0.05, 0) is 30.4 Å². The van der Waals surface area contributed by atoms with Crippen LogP contribution in [0.1, 0.15) is 21.1 Å². The highest BCUT2D eigenvalue weighted by Crippen LogP contribution is 2.24. The largest absolute Gasteiger partial charge is 0.478 e. The third-order valence-electron chi connectivity index (χ3n) is 2.77. The van der Waals surface area contributed by atoms with Crippen molar-refractivity contribution < 1.29 is 9.90 Å². The van der Waals surface area contributed by atoms with Crippen molar-refractivity contribution in [3.05, 3.63) is 47.0 Å². The summed E-state index contributed by atoms with van der Waals surface area (Å²) < 4.78 is 2.74. The van der Waals surface area contributed by atoms with Gasteiger partial charge in [-0.1, -0.05) is 0 Å². The Balaban J connectivity index is 1.92. The highest BCUT2D eigenvalue weighted by molar-refractivity contribution is 7.19. The maximum absolute atomic E-state index is 10.9. The minimum Gasteiger partial charge on any atom is -0.478 e. The Bertz CT molecular complexity index is 817. The van der Waals surface area contributed by atoms with Crippen molar-refractivity contribution in [1.29, 1.82) is 0 Å². The maximum atomic E-state index is 10.9. The molecule has 0 spiro atoms. The average Bonchev–Trinajstić information content (AvgIpc) is 3.00. The molecule has 5 nitrogen and oxygen atoms in total. The number of imidazole rings is 1. The number of aromatic nitrogens is 3. The number of hydrogen-bond donors (Lipinski definition) is 1. The smallest absolute Gasteiger partial charge is 0.335 e. The van der Waals surface area contributed by atoms with Gasteiger partial charge in [0.2, 0.25) is 0 Å². The summed E-state index contributed by atoms with van der Waals surface area (Å²) in [4.78, 5) is 19.6. The molecule has 0 aliphatic heterocycles. The van der Waals surface area contributed by atoms with E-state index in [-0.39, 0.29) is 5.56 Å². The number of carboxylic acid groups (broad SMARTS) is 1. The molecular formula is C14H11N3O2S. The zero-order valence-electron chi connectivity index (χ0n) is 10.6. The Morgan fingerprint density at radius 3 is 2.95 bits per heavy atom. The van der Waals surface area contributed by atoms with Crippen LogP contribution in [-0.4, -0.2) is 25.6 Å². The zero-order valence-corrected chi connectivity index (χ0v) is 11.5. The second-order valence-electron chi connectivity index (χ2n) is 4.34. The molecule has 3 aromatic rings. The first-order chi connectivity index (χ1) is 9.61. The van der Waals surface area contributed by atoms with E-state index in [9.17, 15) is 4.79 Å². The van der Waals surface area contributed by atoms with E-state index in [1.807, 2.05) is 30.0 Å². The van der Waals surface area contributed by atoms with Crippen LogP contribution >= 0.6 is 11.3 Å². The number of aromatic carboxylic acids is 1. The summed E-state index contributed by atoms with van der Waals surface area (Å²) in [5.41, 5.74) is 1.94. The van der Waals surface area contributed by atoms with Crippen LogP contribution in [0.15, 0.2) is 30.7 Å². The maximum Gasteiger partial charge on any atom is 0.335 e. The fourth-order valence-corrected chi connectivity index (χ4v) is 2.73. The SMILES string of the molecule is Cn1cnc(/C=C/c2nc3ccc(C(=O)O)cc3s2)c1. The van der Waals surface area contributed by atoms with Gasteiger partial charge >= 0.3 is 5.97 Å². The van der Waals surface area contributed by atoms with E-state index in [2.05, 4.69) is 9.97 Å². The number of fused-ring (bicyclic) bond motifs is 1. The van der Waals surface area contributed by atoms with E-state index in [4.69, 9.17) is 5.11 Å². The molecule has 0 unspecified atom stereocenters. The van der Waals surface area contributed by atoms with E-state index in [1.54, 1.807) is 24.5 Å². The zero-order chi connectivity index (χ0) is 14.1. The van der Waals surface area contributed by atoms with Crippen LogP contribution < -0.4 is 0 Å². The van der Waals surface area contributed by atoms with Crippen LogP contribution in [0.2, 0.25) is 0 Å². The lowest BCUT2D eigenvalue weighted by Crippen LogP contribution is -1.94. The van der Waals surface area contributed by atoms with E-state index in [1.165, 1.54) is 11.3 Å². The Morgan fingerprint density at radius 1 is 1.40 bits per heavy atom. The van der Waals surface area contributed by atoms with Crippen LogP contribution in [-0.2, 0) is 7.05 Å². The summed E-state index contributed by atoms with van der Waals surface area (Å²) in [7, 11) is 1.91. The topological polar surface area (TPSA) is 68.0 Å². The molecule has 0 atom stereocenters. The number of aryl methyl sites for hydroxylation is 1. The summed E-state index contributed by atoms with van der Waals surface area (Å²) in [6.07, 6.45) is 7.41. The second kappa shape index (κ2) is 4.90. The number of nitrogens with zero attached hydrogens (tertiary/aromatic N) is 3. The Kier molecular flexibility index (Phi) is 3.08. The summed E-state index contributed by atoms with van der Waals surface area (Å²) in [5.74, 6) is -0.925. The van der Waals surface area contributed by atoms with Crippen molar-refractivity contribution in [3.63, 3.8) is 0 Å². The van der Waals surface area contributed by atoms with E-state index in [0.717, 1.165) is 20.9 Å². The first-order valence-electron chi connectivity index (χ1n) is 5.92. The molecule has 1 N–H and O–H groups in total. The summed E-state index contributed by atoms with van der Waals surface area (Å²) >= 11 is 1.46. The highest BCUT2D eigenvalue weighted by atomic mass is 32.1. The standard InChI is InChI=1S/C14H11N3O2S/c1-17-7-10(15-8-17)3-5-13-16-11-4-2-9(14(18)19)6-12(11)20-13/h2-8H,1H3,(H,18,19)/b5-3+. The number of hydrogen-bond acceptors (Lipinski definition) is 4. The van der Waals surface area contributed by atoms with Gasteiger partial charge in [-0.2, -0.15) is 0 Å². The number of thiazole rings is 1. The minimum atomic E-state index is -0.925. The van der Waals surface area contributed by atoms with Gasteiger partial charge in [-0.15, -0.1) is 11.3 Å². The number of rotatable bonds is 3. The molecule has 6 heteroatoms.